The monoisotopic (exact) mass is 284 g/mol. The van der Waals surface area contributed by atoms with Crippen molar-refractivity contribution in [2.75, 3.05) is 7.11 Å². The van der Waals surface area contributed by atoms with Crippen LogP contribution in [0.3, 0.4) is 0 Å². The molecule has 0 heterocycles. The molecule has 16 heavy (non-hydrogen) atoms. The maximum Gasteiger partial charge on any atom is 0.314 e. The Morgan fingerprint density at radius 3 is 2.62 bits per heavy atom. The summed E-state index contributed by atoms with van der Waals surface area (Å²) in [5, 5.41) is 9.38. The molecule has 1 aromatic rings. The lowest BCUT2D eigenvalue weighted by Crippen LogP contribution is -2.42. The zero-order valence-corrected chi connectivity index (χ0v) is 10.6. The van der Waals surface area contributed by atoms with Gasteiger partial charge >= 0.3 is 5.97 Å². The molecule has 1 aliphatic rings. The fraction of sp³-hybridized carbons (Fsp3) is 0.417. The van der Waals surface area contributed by atoms with E-state index in [9.17, 15) is 9.90 Å². The molecule has 0 aliphatic heterocycles. The van der Waals surface area contributed by atoms with Gasteiger partial charge in [0.15, 0.2) is 0 Å². The largest absolute Gasteiger partial charge is 0.496 e. The van der Waals surface area contributed by atoms with Crippen molar-refractivity contribution < 1.29 is 14.6 Å². The third-order valence-corrected chi connectivity index (χ3v) is 3.79. The summed E-state index contributed by atoms with van der Waals surface area (Å²) in [7, 11) is 1.57. The molecular weight excluding hydrogens is 272 g/mol. The Kier molecular flexibility index (Phi) is 2.93. The van der Waals surface area contributed by atoms with Crippen molar-refractivity contribution >= 4 is 21.9 Å². The van der Waals surface area contributed by atoms with Crippen LogP contribution in [0.25, 0.3) is 0 Å². The third kappa shape index (κ3) is 1.61. The van der Waals surface area contributed by atoms with E-state index in [1.54, 1.807) is 7.11 Å². The summed E-state index contributed by atoms with van der Waals surface area (Å²) in [5.41, 5.74) is 0.0397. The predicted octanol–water partition coefficient (Wildman–Crippen LogP) is 2.96. The number of hydrogen-bond acceptors (Lipinski definition) is 2. The van der Waals surface area contributed by atoms with Crippen LogP contribution in [0.15, 0.2) is 22.7 Å². The number of benzene rings is 1. The SMILES string of the molecule is COc1ccc(Br)cc1C1(C(=O)O)CCC1. The molecule has 0 atom stereocenters. The van der Waals surface area contributed by atoms with Crippen LogP contribution in [0.4, 0.5) is 0 Å². The van der Waals surface area contributed by atoms with E-state index >= 15 is 0 Å². The van der Waals surface area contributed by atoms with Gasteiger partial charge in [-0.2, -0.15) is 0 Å². The van der Waals surface area contributed by atoms with E-state index in [0.717, 1.165) is 16.5 Å². The number of carbonyl (C=O) groups is 1. The number of rotatable bonds is 3. The maximum atomic E-state index is 11.4. The van der Waals surface area contributed by atoms with Crippen molar-refractivity contribution in [2.24, 2.45) is 0 Å². The number of carboxylic acid groups (broad SMARTS) is 1. The van der Waals surface area contributed by atoms with E-state index in [1.165, 1.54) is 0 Å². The predicted molar refractivity (Wildman–Crippen MR) is 63.9 cm³/mol. The lowest BCUT2D eigenvalue weighted by Gasteiger charge is -2.38. The van der Waals surface area contributed by atoms with Crippen LogP contribution in [0.2, 0.25) is 0 Å². The Hall–Kier alpha value is -1.03. The summed E-state index contributed by atoms with van der Waals surface area (Å²) in [6.45, 7) is 0. The zero-order valence-electron chi connectivity index (χ0n) is 9.00. The first kappa shape index (κ1) is 11.5. The first-order valence-electron chi connectivity index (χ1n) is 5.17. The van der Waals surface area contributed by atoms with Crippen molar-refractivity contribution in [3.63, 3.8) is 0 Å². The number of hydrogen-bond donors (Lipinski definition) is 1. The van der Waals surface area contributed by atoms with Gasteiger partial charge in [-0.05, 0) is 31.0 Å². The summed E-state index contributed by atoms with van der Waals surface area (Å²) in [6, 6.07) is 5.52. The van der Waals surface area contributed by atoms with Crippen molar-refractivity contribution in [1.82, 2.24) is 0 Å². The first-order chi connectivity index (χ1) is 7.60. The summed E-state index contributed by atoms with van der Waals surface area (Å²) < 4.78 is 6.13. The van der Waals surface area contributed by atoms with Gasteiger partial charge in [-0.1, -0.05) is 22.4 Å². The molecule has 4 heteroatoms. The second kappa shape index (κ2) is 4.09. The van der Waals surface area contributed by atoms with E-state index in [-0.39, 0.29) is 0 Å². The first-order valence-corrected chi connectivity index (χ1v) is 5.97. The van der Waals surface area contributed by atoms with Gasteiger partial charge < -0.3 is 9.84 Å². The number of aliphatic carboxylic acids is 1. The minimum Gasteiger partial charge on any atom is -0.496 e. The van der Waals surface area contributed by atoms with Crippen LogP contribution in [-0.2, 0) is 10.2 Å². The lowest BCUT2D eigenvalue weighted by atomic mass is 9.64. The van der Waals surface area contributed by atoms with Crippen molar-refractivity contribution in [1.29, 1.82) is 0 Å². The summed E-state index contributed by atoms with van der Waals surface area (Å²) in [6.07, 6.45) is 2.34. The van der Waals surface area contributed by atoms with E-state index in [0.29, 0.717) is 18.6 Å². The molecule has 1 N–H and O–H groups in total. The Bertz CT molecular complexity index is 424. The van der Waals surface area contributed by atoms with Gasteiger partial charge in [0.05, 0.1) is 12.5 Å². The van der Waals surface area contributed by atoms with Gasteiger partial charge in [0.1, 0.15) is 5.75 Å². The summed E-state index contributed by atoms with van der Waals surface area (Å²) in [5.74, 6) is -0.0968. The van der Waals surface area contributed by atoms with Gasteiger partial charge in [-0.25, -0.2) is 0 Å². The van der Waals surface area contributed by atoms with E-state index in [4.69, 9.17) is 4.74 Å². The Morgan fingerprint density at radius 1 is 1.50 bits per heavy atom. The molecule has 0 saturated heterocycles. The second-order valence-electron chi connectivity index (χ2n) is 4.09. The molecule has 0 amide bonds. The van der Waals surface area contributed by atoms with Crippen LogP contribution in [0, 0.1) is 0 Å². The summed E-state index contributed by atoms with van der Waals surface area (Å²) >= 11 is 3.37. The molecule has 1 saturated carbocycles. The average molecular weight is 285 g/mol. The lowest BCUT2D eigenvalue weighted by molar-refractivity contribution is -0.147. The number of ether oxygens (including phenoxy) is 1. The third-order valence-electron chi connectivity index (χ3n) is 3.29. The van der Waals surface area contributed by atoms with E-state index < -0.39 is 11.4 Å². The van der Waals surface area contributed by atoms with E-state index in [1.807, 2.05) is 18.2 Å². The highest BCUT2D eigenvalue weighted by Crippen LogP contribution is 2.47. The molecule has 86 valence electrons. The minimum atomic E-state index is -0.754. The van der Waals surface area contributed by atoms with Gasteiger partial charge in [-0.3, -0.25) is 4.79 Å². The quantitative estimate of drug-likeness (QED) is 0.928. The number of methoxy groups -OCH3 is 1. The van der Waals surface area contributed by atoms with Crippen LogP contribution in [-0.4, -0.2) is 18.2 Å². The molecule has 0 spiro atoms. The zero-order chi connectivity index (χ0) is 11.8. The van der Waals surface area contributed by atoms with E-state index in [2.05, 4.69) is 15.9 Å². The molecule has 1 fully saturated rings. The molecule has 1 aromatic carbocycles. The Balaban J connectivity index is 2.52. The van der Waals surface area contributed by atoms with Crippen LogP contribution < -0.4 is 4.74 Å². The molecule has 0 radical (unpaired) electrons. The fourth-order valence-electron chi connectivity index (χ4n) is 2.18. The van der Waals surface area contributed by atoms with Crippen LogP contribution in [0.5, 0.6) is 5.75 Å². The van der Waals surface area contributed by atoms with Gasteiger partial charge in [0, 0.05) is 10.0 Å². The minimum absolute atomic E-state index is 0.658. The summed E-state index contributed by atoms with van der Waals surface area (Å²) in [4.78, 5) is 11.4. The van der Waals surface area contributed by atoms with Crippen molar-refractivity contribution in [3.8, 4) is 5.75 Å². The highest BCUT2D eigenvalue weighted by atomic mass is 79.9. The molecule has 0 bridgehead atoms. The normalized spacial score (nSPS) is 17.6. The fourth-order valence-corrected chi connectivity index (χ4v) is 2.54. The molecule has 2 rings (SSSR count). The molecule has 0 unspecified atom stereocenters. The highest BCUT2D eigenvalue weighted by molar-refractivity contribution is 9.10. The molecule has 0 aromatic heterocycles. The molecule has 1 aliphatic carbocycles. The smallest absolute Gasteiger partial charge is 0.314 e. The average Bonchev–Trinajstić information content (AvgIpc) is 2.15. The molecular formula is C12H13BrO3. The van der Waals surface area contributed by atoms with Gasteiger partial charge in [0.2, 0.25) is 0 Å². The second-order valence-corrected chi connectivity index (χ2v) is 5.00. The molecule has 3 nitrogen and oxygen atoms in total. The Labute approximate surface area is 103 Å². The van der Waals surface area contributed by atoms with Crippen LogP contribution >= 0.6 is 15.9 Å². The number of halogens is 1. The van der Waals surface area contributed by atoms with Gasteiger partial charge in [-0.15, -0.1) is 0 Å². The number of carboxylic acids is 1. The van der Waals surface area contributed by atoms with Crippen LogP contribution in [0.1, 0.15) is 24.8 Å². The standard InChI is InChI=1S/C12H13BrO3/c1-16-10-4-3-8(13)7-9(10)12(11(14)15)5-2-6-12/h3-4,7H,2,5-6H2,1H3,(H,14,15). The Morgan fingerprint density at radius 2 is 2.19 bits per heavy atom. The topological polar surface area (TPSA) is 46.5 Å². The van der Waals surface area contributed by atoms with Crippen molar-refractivity contribution in [3.05, 3.63) is 28.2 Å². The highest BCUT2D eigenvalue weighted by Gasteiger charge is 2.47. The van der Waals surface area contributed by atoms with Gasteiger partial charge in [0.25, 0.3) is 0 Å². The van der Waals surface area contributed by atoms with Crippen molar-refractivity contribution in [2.45, 2.75) is 24.7 Å². The maximum absolute atomic E-state index is 11.4.